The first-order valence-electron chi connectivity index (χ1n) is 11.7. The minimum absolute atomic E-state index is 0.123. The number of ether oxygens (including phenoxy) is 1. The smallest absolute Gasteiger partial charge is 0.222 e. The Labute approximate surface area is 185 Å². The first kappa shape index (κ1) is 22.1. The van der Waals surface area contributed by atoms with Gasteiger partial charge in [0.05, 0.1) is 12.0 Å². The van der Waals surface area contributed by atoms with Crippen LogP contribution in [-0.4, -0.2) is 68.4 Å². The second-order valence-electron chi connectivity index (χ2n) is 9.15. The Morgan fingerprint density at radius 2 is 1.97 bits per heavy atom. The average molecular weight is 429 g/mol. The quantitative estimate of drug-likeness (QED) is 0.695. The first-order valence-corrected chi connectivity index (χ1v) is 11.7. The lowest BCUT2D eigenvalue weighted by Gasteiger charge is -2.36. The lowest BCUT2D eigenvalue weighted by molar-refractivity contribution is -0.122. The van der Waals surface area contributed by atoms with Gasteiger partial charge in [-0.1, -0.05) is 11.2 Å². The third kappa shape index (κ3) is 5.77. The number of hydrogen-bond acceptors (Lipinski definition) is 6. The maximum atomic E-state index is 11.9. The van der Waals surface area contributed by atoms with Crippen LogP contribution in [0.4, 0.5) is 5.82 Å². The van der Waals surface area contributed by atoms with E-state index in [2.05, 4.69) is 45.4 Å². The van der Waals surface area contributed by atoms with E-state index in [1.165, 1.54) is 31.4 Å². The van der Waals surface area contributed by atoms with Gasteiger partial charge in [0.15, 0.2) is 11.4 Å². The van der Waals surface area contributed by atoms with E-state index >= 15 is 0 Å². The predicted molar refractivity (Wildman–Crippen MR) is 122 cm³/mol. The fraction of sp³-hybridized carbons (Fsp3) is 0.667. The summed E-state index contributed by atoms with van der Waals surface area (Å²) in [6, 6.07) is 6.66. The van der Waals surface area contributed by atoms with Gasteiger partial charge >= 0.3 is 0 Å². The molecule has 1 aliphatic carbocycles. The molecule has 0 spiro atoms. The van der Waals surface area contributed by atoms with Gasteiger partial charge in [-0.05, 0) is 69.2 Å². The number of aromatic nitrogens is 1. The molecular formula is C24H36N4O3. The number of amides is 1. The zero-order valence-electron chi connectivity index (χ0n) is 18.9. The summed E-state index contributed by atoms with van der Waals surface area (Å²) in [6.07, 6.45) is 6.38. The van der Waals surface area contributed by atoms with E-state index in [4.69, 9.17) is 9.26 Å². The van der Waals surface area contributed by atoms with Gasteiger partial charge in [0.25, 0.3) is 0 Å². The summed E-state index contributed by atoms with van der Waals surface area (Å²) in [5, 5.41) is 8.62. The maximum absolute atomic E-state index is 11.9. The number of aryl methyl sites for hydroxylation is 1. The molecule has 0 unspecified atom stereocenters. The van der Waals surface area contributed by atoms with Gasteiger partial charge in [-0.2, -0.15) is 0 Å². The molecule has 2 aliphatic rings. The van der Waals surface area contributed by atoms with E-state index in [-0.39, 0.29) is 5.91 Å². The van der Waals surface area contributed by atoms with Crippen LogP contribution in [0.15, 0.2) is 22.7 Å². The van der Waals surface area contributed by atoms with E-state index in [1.54, 1.807) is 7.11 Å². The van der Waals surface area contributed by atoms with Crippen molar-refractivity contribution in [3.8, 4) is 0 Å². The number of piperazine rings is 1. The predicted octanol–water partition coefficient (Wildman–Crippen LogP) is 3.36. The fourth-order valence-corrected chi connectivity index (χ4v) is 4.90. The van der Waals surface area contributed by atoms with Crippen molar-refractivity contribution in [3.05, 3.63) is 23.8 Å². The molecule has 2 aromatic rings. The monoisotopic (exact) mass is 428 g/mol. The standard InChI is InChI=1S/C24H36N4O3/c1-18-3-8-21-22(17-18)31-26-24(21)28-14-12-27(13-15-28)11-9-19-4-6-20(7-5-19)25-23(29)10-16-30-2/h3,8,17,19-20H,4-7,9-16H2,1-2H3,(H,25,29). The number of nitrogens with zero attached hydrogens (tertiary/aromatic N) is 3. The second-order valence-corrected chi connectivity index (χ2v) is 9.15. The molecule has 2 fully saturated rings. The molecule has 7 nitrogen and oxygen atoms in total. The Balaban J connectivity index is 1.16. The lowest BCUT2D eigenvalue weighted by atomic mass is 9.84. The Bertz CT molecular complexity index is 852. The van der Waals surface area contributed by atoms with E-state index in [0.29, 0.717) is 19.1 Å². The number of carbonyl (C=O) groups is 1. The molecule has 170 valence electrons. The van der Waals surface area contributed by atoms with Crippen molar-refractivity contribution in [2.75, 3.05) is 51.3 Å². The van der Waals surface area contributed by atoms with E-state index in [0.717, 1.165) is 61.7 Å². The SMILES string of the molecule is COCCC(=O)NC1CCC(CCN2CCN(c3noc4cc(C)ccc34)CC2)CC1. The van der Waals surface area contributed by atoms with Crippen molar-refractivity contribution < 1.29 is 14.1 Å². The third-order valence-corrected chi connectivity index (χ3v) is 6.88. The average Bonchev–Trinajstić information content (AvgIpc) is 3.20. The Hall–Kier alpha value is -2.12. The molecule has 1 aliphatic heterocycles. The molecule has 4 rings (SSSR count). The van der Waals surface area contributed by atoms with Crippen LogP contribution in [0.5, 0.6) is 0 Å². The van der Waals surface area contributed by atoms with Crippen molar-refractivity contribution in [2.45, 2.75) is 51.5 Å². The highest BCUT2D eigenvalue weighted by atomic mass is 16.5. The second kappa shape index (κ2) is 10.5. The molecule has 1 aromatic carbocycles. The fourth-order valence-electron chi connectivity index (χ4n) is 4.90. The number of anilines is 1. The third-order valence-electron chi connectivity index (χ3n) is 6.88. The zero-order valence-corrected chi connectivity index (χ0v) is 18.9. The van der Waals surface area contributed by atoms with Crippen LogP contribution < -0.4 is 10.2 Å². The summed E-state index contributed by atoms with van der Waals surface area (Å²) >= 11 is 0. The van der Waals surface area contributed by atoms with Crippen molar-refractivity contribution in [3.63, 3.8) is 0 Å². The van der Waals surface area contributed by atoms with Gasteiger partial charge in [-0.15, -0.1) is 0 Å². The number of methoxy groups -OCH3 is 1. The Morgan fingerprint density at radius 3 is 2.71 bits per heavy atom. The molecule has 1 saturated carbocycles. The summed E-state index contributed by atoms with van der Waals surface area (Å²) < 4.78 is 10.5. The van der Waals surface area contributed by atoms with Crippen molar-refractivity contribution >= 4 is 22.7 Å². The number of rotatable bonds is 8. The van der Waals surface area contributed by atoms with Crippen LogP contribution in [0.2, 0.25) is 0 Å². The minimum Gasteiger partial charge on any atom is -0.384 e. The largest absolute Gasteiger partial charge is 0.384 e. The Morgan fingerprint density at radius 1 is 1.19 bits per heavy atom. The number of benzene rings is 1. The lowest BCUT2D eigenvalue weighted by Crippen LogP contribution is -2.47. The number of fused-ring (bicyclic) bond motifs is 1. The molecule has 1 saturated heterocycles. The van der Waals surface area contributed by atoms with Crippen molar-refractivity contribution in [1.29, 1.82) is 0 Å². The van der Waals surface area contributed by atoms with E-state index in [1.807, 2.05) is 0 Å². The van der Waals surface area contributed by atoms with E-state index in [9.17, 15) is 4.79 Å². The zero-order chi connectivity index (χ0) is 21.6. The molecule has 0 atom stereocenters. The molecule has 1 N–H and O–H groups in total. The van der Waals surface area contributed by atoms with Crippen molar-refractivity contribution in [2.24, 2.45) is 5.92 Å². The van der Waals surface area contributed by atoms with Crippen LogP contribution in [-0.2, 0) is 9.53 Å². The highest BCUT2D eigenvalue weighted by molar-refractivity contribution is 5.89. The van der Waals surface area contributed by atoms with Gasteiger partial charge in [0.2, 0.25) is 5.91 Å². The summed E-state index contributed by atoms with van der Waals surface area (Å²) in [4.78, 5) is 16.8. The van der Waals surface area contributed by atoms with Gasteiger partial charge in [0.1, 0.15) is 0 Å². The molecule has 1 amide bonds. The normalized spacial score (nSPS) is 22.7. The van der Waals surface area contributed by atoms with Crippen LogP contribution >= 0.6 is 0 Å². The Kier molecular flexibility index (Phi) is 7.45. The maximum Gasteiger partial charge on any atom is 0.222 e. The summed E-state index contributed by atoms with van der Waals surface area (Å²) in [6.45, 7) is 7.89. The minimum atomic E-state index is 0.123. The molecular weight excluding hydrogens is 392 g/mol. The van der Waals surface area contributed by atoms with Gasteiger partial charge in [-0.3, -0.25) is 9.69 Å². The van der Waals surface area contributed by atoms with Crippen LogP contribution in [0.25, 0.3) is 11.0 Å². The molecule has 1 aromatic heterocycles. The van der Waals surface area contributed by atoms with Gasteiger partial charge < -0.3 is 19.5 Å². The first-order chi connectivity index (χ1) is 15.1. The molecule has 2 heterocycles. The van der Waals surface area contributed by atoms with E-state index < -0.39 is 0 Å². The summed E-state index contributed by atoms with van der Waals surface area (Å²) in [5.74, 6) is 1.89. The van der Waals surface area contributed by atoms with Crippen LogP contribution in [0, 0.1) is 12.8 Å². The van der Waals surface area contributed by atoms with Crippen molar-refractivity contribution in [1.82, 2.24) is 15.4 Å². The highest BCUT2D eigenvalue weighted by Crippen LogP contribution is 2.29. The van der Waals surface area contributed by atoms with Crippen LogP contribution in [0.3, 0.4) is 0 Å². The molecule has 0 bridgehead atoms. The number of nitrogens with one attached hydrogen (secondary N) is 1. The van der Waals surface area contributed by atoms with Gasteiger partial charge in [-0.25, -0.2) is 0 Å². The molecule has 0 radical (unpaired) electrons. The number of hydrogen-bond donors (Lipinski definition) is 1. The van der Waals surface area contributed by atoms with Crippen LogP contribution in [0.1, 0.15) is 44.1 Å². The summed E-state index contributed by atoms with van der Waals surface area (Å²) in [5.41, 5.74) is 2.07. The number of carbonyl (C=O) groups excluding carboxylic acids is 1. The highest BCUT2D eigenvalue weighted by Gasteiger charge is 2.25. The summed E-state index contributed by atoms with van der Waals surface area (Å²) in [7, 11) is 1.63. The molecule has 31 heavy (non-hydrogen) atoms. The molecule has 7 heteroatoms. The topological polar surface area (TPSA) is 70.8 Å². The van der Waals surface area contributed by atoms with Gasteiger partial charge in [0, 0.05) is 45.8 Å².